The summed E-state index contributed by atoms with van der Waals surface area (Å²) in [5, 5.41) is 11.6. The molecule has 2 aromatic rings. The van der Waals surface area contributed by atoms with E-state index >= 15 is 0 Å². The number of anilines is 1. The third-order valence-corrected chi connectivity index (χ3v) is 3.23. The Labute approximate surface area is 125 Å². The zero-order chi connectivity index (χ0) is 16.3. The number of carbonyl (C=O) groups is 1. The number of rotatable bonds is 4. The van der Waals surface area contributed by atoms with Crippen molar-refractivity contribution in [3.05, 3.63) is 50.0 Å². The summed E-state index contributed by atoms with van der Waals surface area (Å²) in [5.74, 6) is 0.267. The topological polar surface area (TPSA) is 121 Å². The van der Waals surface area contributed by atoms with E-state index in [1.54, 1.807) is 13.8 Å². The summed E-state index contributed by atoms with van der Waals surface area (Å²) in [5.41, 5.74) is -0.115. The van der Waals surface area contributed by atoms with Gasteiger partial charge in [-0.15, -0.1) is 0 Å². The Balaban J connectivity index is 2.05. The fraction of sp³-hybridized carbons (Fsp3) is 0.286. The molecule has 1 amide bonds. The van der Waals surface area contributed by atoms with Gasteiger partial charge in [0.2, 0.25) is 11.8 Å². The molecule has 22 heavy (non-hydrogen) atoms. The van der Waals surface area contributed by atoms with Crippen molar-refractivity contribution in [3.8, 4) is 6.07 Å². The summed E-state index contributed by atoms with van der Waals surface area (Å²) in [7, 11) is 0. The highest BCUT2D eigenvalue weighted by atomic mass is 16.4. The van der Waals surface area contributed by atoms with Gasteiger partial charge in [-0.3, -0.25) is 19.9 Å². The predicted molar refractivity (Wildman–Crippen MR) is 77.5 cm³/mol. The Morgan fingerprint density at radius 1 is 1.45 bits per heavy atom. The van der Waals surface area contributed by atoms with Crippen LogP contribution in [0, 0.1) is 25.2 Å². The van der Waals surface area contributed by atoms with E-state index in [4.69, 9.17) is 9.68 Å². The molecule has 0 spiro atoms. The molecule has 0 fully saturated rings. The Bertz CT molecular complexity index is 866. The molecule has 0 aliphatic heterocycles. The third kappa shape index (κ3) is 3.15. The van der Waals surface area contributed by atoms with Crippen molar-refractivity contribution in [1.82, 2.24) is 9.55 Å². The van der Waals surface area contributed by atoms with Crippen molar-refractivity contribution in [3.63, 3.8) is 0 Å². The monoisotopic (exact) mass is 302 g/mol. The first-order valence-corrected chi connectivity index (χ1v) is 6.52. The SMILES string of the molecule is Cc1oc(NC(=O)CCn2ccc(=O)[nH]c2=O)c(C#N)c1C. The summed E-state index contributed by atoms with van der Waals surface area (Å²) in [6, 6.07) is 3.18. The van der Waals surface area contributed by atoms with E-state index in [-0.39, 0.29) is 24.4 Å². The molecule has 2 rings (SSSR count). The van der Waals surface area contributed by atoms with Crippen LogP contribution in [0.2, 0.25) is 0 Å². The summed E-state index contributed by atoms with van der Waals surface area (Å²) in [4.78, 5) is 36.4. The Hall–Kier alpha value is -3.08. The van der Waals surface area contributed by atoms with Gasteiger partial charge < -0.3 is 8.98 Å². The van der Waals surface area contributed by atoms with Gasteiger partial charge >= 0.3 is 5.69 Å². The van der Waals surface area contributed by atoms with Gasteiger partial charge in [0.05, 0.1) is 0 Å². The molecule has 0 bridgehead atoms. The van der Waals surface area contributed by atoms with Crippen LogP contribution in [-0.4, -0.2) is 15.5 Å². The number of nitrogens with zero attached hydrogens (tertiary/aromatic N) is 2. The molecule has 2 aromatic heterocycles. The average Bonchev–Trinajstić information content (AvgIpc) is 2.72. The molecule has 0 saturated carbocycles. The molecule has 0 radical (unpaired) electrons. The van der Waals surface area contributed by atoms with Crippen LogP contribution in [0.15, 0.2) is 26.3 Å². The number of nitrogens with one attached hydrogen (secondary N) is 2. The third-order valence-electron chi connectivity index (χ3n) is 3.23. The number of furan rings is 1. The smallest absolute Gasteiger partial charge is 0.328 e. The normalized spacial score (nSPS) is 10.2. The lowest BCUT2D eigenvalue weighted by molar-refractivity contribution is -0.116. The molecule has 2 N–H and O–H groups in total. The van der Waals surface area contributed by atoms with Crippen LogP contribution in [-0.2, 0) is 11.3 Å². The fourth-order valence-corrected chi connectivity index (χ4v) is 1.88. The lowest BCUT2D eigenvalue weighted by Crippen LogP contribution is -2.29. The second-order valence-corrected chi connectivity index (χ2v) is 4.70. The van der Waals surface area contributed by atoms with Gasteiger partial charge in [-0.25, -0.2) is 4.79 Å². The standard InChI is InChI=1S/C14H14N4O4/c1-8-9(2)22-13(10(8)7-15)16-11(19)3-5-18-6-4-12(20)17-14(18)21/h4,6H,3,5H2,1-2H3,(H,16,19)(H,17,20,21). The highest BCUT2D eigenvalue weighted by Gasteiger charge is 2.16. The number of carbonyl (C=O) groups excluding carboxylic acids is 1. The second kappa shape index (κ2) is 6.13. The number of H-pyrrole nitrogens is 1. The van der Waals surface area contributed by atoms with Gasteiger partial charge in [0.1, 0.15) is 17.4 Å². The summed E-state index contributed by atoms with van der Waals surface area (Å²) in [6.45, 7) is 3.53. The van der Waals surface area contributed by atoms with Crippen molar-refractivity contribution in [2.24, 2.45) is 0 Å². The zero-order valence-corrected chi connectivity index (χ0v) is 12.1. The summed E-state index contributed by atoms with van der Waals surface area (Å²) >= 11 is 0. The van der Waals surface area contributed by atoms with Crippen molar-refractivity contribution < 1.29 is 9.21 Å². The van der Waals surface area contributed by atoms with Crippen LogP contribution in [0.1, 0.15) is 23.3 Å². The van der Waals surface area contributed by atoms with E-state index in [9.17, 15) is 14.4 Å². The molecule has 114 valence electrons. The van der Waals surface area contributed by atoms with E-state index in [2.05, 4.69) is 10.3 Å². The van der Waals surface area contributed by atoms with Crippen LogP contribution < -0.4 is 16.6 Å². The number of aryl methyl sites for hydroxylation is 2. The first kappa shape index (κ1) is 15.3. The minimum atomic E-state index is -0.581. The van der Waals surface area contributed by atoms with Crippen molar-refractivity contribution >= 4 is 11.8 Å². The number of nitriles is 1. The lowest BCUT2D eigenvalue weighted by Gasteiger charge is -2.05. The fourth-order valence-electron chi connectivity index (χ4n) is 1.88. The molecule has 8 nitrogen and oxygen atoms in total. The lowest BCUT2D eigenvalue weighted by atomic mass is 10.2. The molecule has 8 heteroatoms. The van der Waals surface area contributed by atoms with Gasteiger partial charge in [0.15, 0.2) is 0 Å². The van der Waals surface area contributed by atoms with E-state index in [0.29, 0.717) is 11.3 Å². The number of aromatic nitrogens is 2. The van der Waals surface area contributed by atoms with Crippen LogP contribution in [0.25, 0.3) is 0 Å². The molecule has 0 saturated heterocycles. The molecule has 0 unspecified atom stereocenters. The van der Waals surface area contributed by atoms with Gasteiger partial charge in [-0.1, -0.05) is 0 Å². The summed E-state index contributed by atoms with van der Waals surface area (Å²) in [6.07, 6.45) is 1.31. The molecule has 0 aliphatic rings. The van der Waals surface area contributed by atoms with Crippen LogP contribution >= 0.6 is 0 Å². The zero-order valence-electron chi connectivity index (χ0n) is 12.1. The molecule has 2 heterocycles. The number of amides is 1. The van der Waals surface area contributed by atoms with E-state index in [1.165, 1.54) is 16.8 Å². The molecular formula is C14H14N4O4. The Morgan fingerprint density at radius 2 is 2.18 bits per heavy atom. The number of aromatic amines is 1. The summed E-state index contributed by atoms with van der Waals surface area (Å²) < 4.78 is 6.54. The second-order valence-electron chi connectivity index (χ2n) is 4.70. The van der Waals surface area contributed by atoms with Gasteiger partial charge in [0.25, 0.3) is 5.56 Å². The van der Waals surface area contributed by atoms with Gasteiger partial charge in [-0.05, 0) is 13.8 Å². The van der Waals surface area contributed by atoms with Crippen LogP contribution in [0.4, 0.5) is 5.88 Å². The Kier molecular flexibility index (Phi) is 4.27. The maximum Gasteiger partial charge on any atom is 0.328 e. The van der Waals surface area contributed by atoms with Crippen molar-refractivity contribution in [2.75, 3.05) is 5.32 Å². The van der Waals surface area contributed by atoms with Gasteiger partial charge in [0, 0.05) is 30.8 Å². The quantitative estimate of drug-likeness (QED) is 0.858. The molecule has 0 atom stereocenters. The number of hydrogen-bond donors (Lipinski definition) is 2. The van der Waals surface area contributed by atoms with Crippen LogP contribution in [0.5, 0.6) is 0 Å². The van der Waals surface area contributed by atoms with E-state index < -0.39 is 17.2 Å². The van der Waals surface area contributed by atoms with E-state index in [0.717, 1.165) is 0 Å². The van der Waals surface area contributed by atoms with Gasteiger partial charge in [-0.2, -0.15) is 5.26 Å². The van der Waals surface area contributed by atoms with E-state index in [1.807, 2.05) is 6.07 Å². The maximum atomic E-state index is 11.9. The highest BCUT2D eigenvalue weighted by Crippen LogP contribution is 2.25. The number of hydrogen-bond acceptors (Lipinski definition) is 5. The molecule has 0 aliphatic carbocycles. The first-order chi connectivity index (χ1) is 10.4. The highest BCUT2D eigenvalue weighted by molar-refractivity contribution is 5.90. The molecule has 0 aromatic carbocycles. The maximum absolute atomic E-state index is 11.9. The average molecular weight is 302 g/mol. The Morgan fingerprint density at radius 3 is 2.82 bits per heavy atom. The first-order valence-electron chi connectivity index (χ1n) is 6.52. The van der Waals surface area contributed by atoms with Crippen LogP contribution in [0.3, 0.4) is 0 Å². The molecular weight excluding hydrogens is 288 g/mol. The van der Waals surface area contributed by atoms with Crippen molar-refractivity contribution in [2.45, 2.75) is 26.8 Å². The largest absolute Gasteiger partial charge is 0.444 e. The predicted octanol–water partition coefficient (Wildman–Crippen LogP) is 0.647. The van der Waals surface area contributed by atoms with Crippen molar-refractivity contribution in [1.29, 1.82) is 5.26 Å². The minimum absolute atomic E-state index is 0.00435. The minimum Gasteiger partial charge on any atom is -0.444 e.